The monoisotopic (exact) mass is 452 g/mol. The van der Waals surface area contributed by atoms with E-state index in [0.717, 1.165) is 31.2 Å². The molecule has 1 unspecified atom stereocenters. The van der Waals surface area contributed by atoms with E-state index in [2.05, 4.69) is 16.0 Å². The van der Waals surface area contributed by atoms with Crippen molar-refractivity contribution in [3.8, 4) is 0 Å². The molecule has 9 heteroatoms. The Balaban J connectivity index is 1.42. The van der Waals surface area contributed by atoms with Crippen molar-refractivity contribution in [1.29, 1.82) is 0 Å². The lowest BCUT2D eigenvalue weighted by molar-refractivity contribution is -0.127. The van der Waals surface area contributed by atoms with E-state index < -0.39 is 11.4 Å². The highest BCUT2D eigenvalue weighted by Crippen LogP contribution is 2.31. The fourth-order valence-electron chi connectivity index (χ4n) is 4.45. The maximum atomic E-state index is 14.2. The molecular formula is C22H30ClFN4O3. The van der Waals surface area contributed by atoms with Gasteiger partial charge in [-0.05, 0) is 56.8 Å². The number of nitrogens with one attached hydrogen (secondary N) is 3. The summed E-state index contributed by atoms with van der Waals surface area (Å²) in [6.45, 7) is 3.94. The molecule has 0 aromatic heterocycles. The first kappa shape index (κ1) is 22.3. The fourth-order valence-corrected chi connectivity index (χ4v) is 4.60. The molecule has 1 aromatic carbocycles. The minimum Gasteiger partial charge on any atom is -0.379 e. The van der Waals surface area contributed by atoms with Gasteiger partial charge >= 0.3 is 6.03 Å². The van der Waals surface area contributed by atoms with Crippen molar-refractivity contribution in [2.75, 3.05) is 26.3 Å². The van der Waals surface area contributed by atoms with Gasteiger partial charge in [0.2, 0.25) is 5.91 Å². The molecule has 1 aromatic rings. The Morgan fingerprint density at radius 2 is 2.16 bits per heavy atom. The number of aryl methyl sites for hydroxylation is 1. The van der Waals surface area contributed by atoms with Crippen molar-refractivity contribution in [3.63, 3.8) is 0 Å². The smallest absolute Gasteiger partial charge is 0.318 e. The lowest BCUT2D eigenvalue weighted by Gasteiger charge is -2.32. The molecule has 4 rings (SSSR count). The molecule has 170 valence electrons. The van der Waals surface area contributed by atoms with Crippen LogP contribution >= 0.6 is 11.6 Å². The van der Waals surface area contributed by atoms with Crippen molar-refractivity contribution in [1.82, 2.24) is 20.9 Å². The third kappa shape index (κ3) is 4.96. The number of ether oxygens (including phenoxy) is 1. The number of urea groups is 1. The largest absolute Gasteiger partial charge is 0.379 e. The normalized spacial score (nSPS) is 26.7. The third-order valence-corrected chi connectivity index (χ3v) is 6.87. The van der Waals surface area contributed by atoms with Gasteiger partial charge in [-0.3, -0.25) is 4.79 Å². The molecule has 2 heterocycles. The first-order valence-electron chi connectivity index (χ1n) is 11.0. The highest BCUT2D eigenvalue weighted by Gasteiger charge is 2.44. The van der Waals surface area contributed by atoms with Crippen LogP contribution in [0.2, 0.25) is 5.02 Å². The summed E-state index contributed by atoms with van der Waals surface area (Å²) in [7, 11) is 0. The molecule has 2 atom stereocenters. The second-order valence-electron chi connectivity index (χ2n) is 8.81. The average molecular weight is 453 g/mol. The number of benzene rings is 1. The zero-order valence-corrected chi connectivity index (χ0v) is 18.6. The molecule has 2 aliphatic heterocycles. The van der Waals surface area contributed by atoms with E-state index in [1.54, 1.807) is 13.0 Å². The SMILES string of the molecule is Cc1cc(CNC(=O)N(C2CC2)[C@@H]2CCCNC3(CCOC3)C(=O)NC2)c(F)cc1Cl. The van der Waals surface area contributed by atoms with E-state index in [0.29, 0.717) is 43.3 Å². The zero-order valence-electron chi connectivity index (χ0n) is 17.8. The number of nitrogens with zero attached hydrogens (tertiary/aromatic N) is 1. The summed E-state index contributed by atoms with van der Waals surface area (Å²) in [5, 5.41) is 9.66. The molecule has 2 saturated heterocycles. The van der Waals surface area contributed by atoms with Gasteiger partial charge in [0.1, 0.15) is 11.4 Å². The number of halogens is 2. The molecule has 3 fully saturated rings. The Morgan fingerprint density at radius 3 is 2.87 bits per heavy atom. The third-order valence-electron chi connectivity index (χ3n) is 6.46. The van der Waals surface area contributed by atoms with Crippen LogP contribution in [0.4, 0.5) is 9.18 Å². The number of carbonyl (C=O) groups excluding carboxylic acids is 2. The van der Waals surface area contributed by atoms with Gasteiger partial charge in [0.15, 0.2) is 0 Å². The van der Waals surface area contributed by atoms with E-state index in [-0.39, 0.29) is 30.6 Å². The van der Waals surface area contributed by atoms with E-state index in [9.17, 15) is 14.0 Å². The van der Waals surface area contributed by atoms with Crippen LogP contribution in [0.1, 0.15) is 43.2 Å². The van der Waals surface area contributed by atoms with Crippen molar-refractivity contribution in [3.05, 3.63) is 34.1 Å². The first-order valence-corrected chi connectivity index (χ1v) is 11.4. The van der Waals surface area contributed by atoms with Crippen LogP contribution in [0, 0.1) is 12.7 Å². The maximum absolute atomic E-state index is 14.2. The van der Waals surface area contributed by atoms with Crippen LogP contribution in [0.15, 0.2) is 12.1 Å². The number of carbonyl (C=O) groups is 2. The van der Waals surface area contributed by atoms with Gasteiger partial charge in [-0.15, -0.1) is 0 Å². The maximum Gasteiger partial charge on any atom is 0.318 e. The summed E-state index contributed by atoms with van der Waals surface area (Å²) in [5.74, 6) is -0.495. The molecule has 31 heavy (non-hydrogen) atoms. The molecule has 0 bridgehead atoms. The lowest BCUT2D eigenvalue weighted by atomic mass is 9.97. The van der Waals surface area contributed by atoms with Gasteiger partial charge in [-0.1, -0.05) is 11.6 Å². The standard InChI is InChI=1S/C22H30ClFN4O3/c1-14-9-15(19(24)10-18(14)23)11-26-21(30)28(16-4-5-16)17-3-2-7-27-22(6-8-31-13-22)20(29)25-12-17/h9-10,16-17,27H,2-8,11-13H2,1H3,(H,25,29)(H,26,30)/t17-,22?/m1/s1. The topological polar surface area (TPSA) is 82.7 Å². The highest BCUT2D eigenvalue weighted by atomic mass is 35.5. The van der Waals surface area contributed by atoms with Crippen LogP contribution in [-0.4, -0.2) is 60.8 Å². The summed E-state index contributed by atoms with van der Waals surface area (Å²) in [6.07, 6.45) is 4.18. The molecule has 3 N–H and O–H groups in total. The summed E-state index contributed by atoms with van der Waals surface area (Å²) in [4.78, 5) is 27.8. The summed E-state index contributed by atoms with van der Waals surface area (Å²) >= 11 is 5.97. The second-order valence-corrected chi connectivity index (χ2v) is 9.21. The Labute approximate surface area is 187 Å². The second kappa shape index (κ2) is 9.30. The van der Waals surface area contributed by atoms with Crippen LogP contribution < -0.4 is 16.0 Å². The number of hydrogen-bond donors (Lipinski definition) is 3. The lowest BCUT2D eigenvalue weighted by Crippen LogP contribution is -2.59. The number of hydrogen-bond acceptors (Lipinski definition) is 4. The van der Waals surface area contributed by atoms with Crippen molar-refractivity contribution in [2.45, 2.75) is 63.2 Å². The van der Waals surface area contributed by atoms with Crippen LogP contribution in [0.5, 0.6) is 0 Å². The van der Waals surface area contributed by atoms with Crippen LogP contribution in [0.25, 0.3) is 0 Å². The molecule has 1 aliphatic carbocycles. The molecular weight excluding hydrogens is 423 g/mol. The van der Waals surface area contributed by atoms with E-state index in [1.165, 1.54) is 6.07 Å². The predicted molar refractivity (Wildman–Crippen MR) is 115 cm³/mol. The molecule has 1 saturated carbocycles. The Kier molecular flexibility index (Phi) is 6.69. The summed E-state index contributed by atoms with van der Waals surface area (Å²) in [6, 6.07) is 2.78. The Bertz CT molecular complexity index is 842. The van der Waals surface area contributed by atoms with Gasteiger partial charge in [-0.25, -0.2) is 9.18 Å². The van der Waals surface area contributed by atoms with Gasteiger partial charge in [0, 0.05) is 42.7 Å². The summed E-state index contributed by atoms with van der Waals surface area (Å²) < 4.78 is 19.7. The minimum atomic E-state index is -0.661. The quantitative estimate of drug-likeness (QED) is 0.655. The highest BCUT2D eigenvalue weighted by molar-refractivity contribution is 6.31. The average Bonchev–Trinajstić information content (AvgIpc) is 3.44. The van der Waals surface area contributed by atoms with Crippen molar-refractivity contribution in [2.24, 2.45) is 0 Å². The molecule has 7 nitrogen and oxygen atoms in total. The van der Waals surface area contributed by atoms with Gasteiger partial charge < -0.3 is 25.6 Å². The van der Waals surface area contributed by atoms with Gasteiger partial charge in [-0.2, -0.15) is 0 Å². The molecule has 3 amide bonds. The van der Waals surface area contributed by atoms with Crippen molar-refractivity contribution < 1.29 is 18.7 Å². The van der Waals surface area contributed by atoms with Crippen LogP contribution in [0.3, 0.4) is 0 Å². The predicted octanol–water partition coefficient (Wildman–Crippen LogP) is 2.49. The van der Waals surface area contributed by atoms with Gasteiger partial charge in [0.25, 0.3) is 0 Å². The fraction of sp³-hybridized carbons (Fsp3) is 0.636. The van der Waals surface area contributed by atoms with Crippen molar-refractivity contribution >= 4 is 23.5 Å². The Morgan fingerprint density at radius 1 is 1.35 bits per heavy atom. The number of amides is 3. The molecule has 0 radical (unpaired) electrons. The first-order chi connectivity index (χ1) is 14.9. The van der Waals surface area contributed by atoms with E-state index in [1.807, 2.05) is 4.90 Å². The molecule has 3 aliphatic rings. The number of rotatable bonds is 4. The zero-order chi connectivity index (χ0) is 22.0. The van der Waals surface area contributed by atoms with E-state index in [4.69, 9.17) is 16.3 Å². The van der Waals surface area contributed by atoms with Crippen LogP contribution in [-0.2, 0) is 16.1 Å². The Hall–Kier alpha value is -1.90. The minimum absolute atomic E-state index is 0.0632. The van der Waals surface area contributed by atoms with E-state index >= 15 is 0 Å². The van der Waals surface area contributed by atoms with Gasteiger partial charge in [0.05, 0.1) is 12.6 Å². The molecule has 1 spiro atoms. The summed E-state index contributed by atoms with van der Waals surface area (Å²) in [5.41, 5.74) is 0.509.